The molecule has 1 nitrogen and oxygen atoms in total. The van der Waals surface area contributed by atoms with E-state index < -0.39 is 0 Å². The van der Waals surface area contributed by atoms with Crippen molar-refractivity contribution in [1.82, 2.24) is 0 Å². The number of fused-ring (bicyclic) bond motifs is 3. The molecule has 3 rings (SSSR count). The standard InChI is InChI=1S/C18H20O/c1-2-3-7-16-17(19)12-11-14-10-9-13-6-4-5-8-15(13)18(14)16/h4-6,8-10,16H,2-3,7,11-12H2,1H3. The smallest absolute Gasteiger partial charge is 0.140 e. The van der Waals surface area contributed by atoms with Crippen molar-refractivity contribution in [2.45, 2.75) is 44.9 Å². The molecular formula is C18H20O. The second-order valence-corrected chi connectivity index (χ2v) is 5.52. The lowest BCUT2D eigenvalue weighted by Crippen LogP contribution is -2.20. The van der Waals surface area contributed by atoms with E-state index in [1.165, 1.54) is 21.9 Å². The first-order chi connectivity index (χ1) is 9.31. The van der Waals surface area contributed by atoms with Crippen molar-refractivity contribution >= 4 is 16.6 Å². The third-order valence-electron chi connectivity index (χ3n) is 4.29. The van der Waals surface area contributed by atoms with Gasteiger partial charge in [-0.1, -0.05) is 56.2 Å². The minimum Gasteiger partial charge on any atom is -0.299 e. The summed E-state index contributed by atoms with van der Waals surface area (Å²) in [5.41, 5.74) is 2.71. The zero-order valence-corrected chi connectivity index (χ0v) is 11.5. The molecule has 0 heterocycles. The molecule has 2 aromatic rings. The van der Waals surface area contributed by atoms with E-state index in [0.29, 0.717) is 5.78 Å². The normalized spacial score (nSPS) is 18.6. The van der Waals surface area contributed by atoms with Gasteiger partial charge in [-0.2, -0.15) is 0 Å². The van der Waals surface area contributed by atoms with E-state index in [1.807, 2.05) is 0 Å². The van der Waals surface area contributed by atoms with Crippen LogP contribution in [-0.2, 0) is 11.2 Å². The molecule has 0 saturated carbocycles. The maximum absolute atomic E-state index is 12.3. The SMILES string of the molecule is CCCCC1C(=O)CCc2ccc3ccccc3c21. The first-order valence-electron chi connectivity index (χ1n) is 7.34. The molecule has 1 aliphatic carbocycles. The molecule has 0 aromatic heterocycles. The Balaban J connectivity index is 2.15. The highest BCUT2D eigenvalue weighted by Crippen LogP contribution is 2.37. The largest absolute Gasteiger partial charge is 0.299 e. The van der Waals surface area contributed by atoms with E-state index in [9.17, 15) is 4.79 Å². The molecule has 0 spiro atoms. The van der Waals surface area contributed by atoms with E-state index in [0.717, 1.165) is 32.1 Å². The molecule has 0 aliphatic heterocycles. The minimum absolute atomic E-state index is 0.134. The lowest BCUT2D eigenvalue weighted by molar-refractivity contribution is -0.121. The molecule has 0 bridgehead atoms. The van der Waals surface area contributed by atoms with Crippen LogP contribution >= 0.6 is 0 Å². The van der Waals surface area contributed by atoms with Crippen LogP contribution in [0.25, 0.3) is 10.8 Å². The Hall–Kier alpha value is -1.63. The van der Waals surface area contributed by atoms with Crippen LogP contribution in [0.2, 0.25) is 0 Å². The molecule has 19 heavy (non-hydrogen) atoms. The summed E-state index contributed by atoms with van der Waals surface area (Å²) in [5.74, 6) is 0.576. The molecule has 1 unspecified atom stereocenters. The summed E-state index contributed by atoms with van der Waals surface area (Å²) in [6.45, 7) is 2.19. The number of hydrogen-bond donors (Lipinski definition) is 0. The van der Waals surface area contributed by atoms with Crippen molar-refractivity contribution in [2.24, 2.45) is 0 Å². The molecule has 2 aromatic carbocycles. The molecule has 1 heteroatoms. The van der Waals surface area contributed by atoms with Crippen LogP contribution in [0.1, 0.15) is 49.7 Å². The number of carbonyl (C=O) groups excluding carboxylic acids is 1. The highest BCUT2D eigenvalue weighted by Gasteiger charge is 2.28. The zero-order chi connectivity index (χ0) is 13.2. The highest BCUT2D eigenvalue weighted by molar-refractivity contribution is 5.96. The van der Waals surface area contributed by atoms with Crippen LogP contribution in [0.4, 0.5) is 0 Å². The van der Waals surface area contributed by atoms with Gasteiger partial charge >= 0.3 is 0 Å². The number of carbonyl (C=O) groups is 1. The third kappa shape index (κ3) is 2.18. The molecular weight excluding hydrogens is 232 g/mol. The number of rotatable bonds is 3. The molecule has 0 saturated heterocycles. The minimum atomic E-state index is 0.134. The van der Waals surface area contributed by atoms with E-state index in [-0.39, 0.29) is 5.92 Å². The summed E-state index contributed by atoms with van der Waals surface area (Å²) in [6.07, 6.45) is 4.95. The van der Waals surface area contributed by atoms with Gasteiger partial charge < -0.3 is 0 Å². The van der Waals surface area contributed by atoms with Crippen LogP contribution in [0.15, 0.2) is 36.4 Å². The molecule has 98 valence electrons. The number of ketones is 1. The van der Waals surface area contributed by atoms with Crippen LogP contribution in [0.3, 0.4) is 0 Å². The van der Waals surface area contributed by atoms with Crippen molar-refractivity contribution < 1.29 is 4.79 Å². The first-order valence-corrected chi connectivity index (χ1v) is 7.34. The summed E-state index contributed by atoms with van der Waals surface area (Å²) in [4.78, 5) is 12.3. The Morgan fingerprint density at radius 1 is 1.11 bits per heavy atom. The number of benzene rings is 2. The van der Waals surface area contributed by atoms with Gasteiger partial charge in [0.1, 0.15) is 5.78 Å². The van der Waals surface area contributed by atoms with Crippen LogP contribution < -0.4 is 0 Å². The lowest BCUT2D eigenvalue weighted by atomic mass is 9.77. The molecule has 1 aliphatic rings. The average Bonchev–Trinajstić information content (AvgIpc) is 2.46. The predicted molar refractivity (Wildman–Crippen MR) is 79.5 cm³/mol. The van der Waals surface area contributed by atoms with Gasteiger partial charge in [-0.15, -0.1) is 0 Å². The second kappa shape index (κ2) is 5.16. The topological polar surface area (TPSA) is 17.1 Å². The maximum Gasteiger partial charge on any atom is 0.140 e. The van der Waals surface area contributed by atoms with Crippen LogP contribution in [0.5, 0.6) is 0 Å². The van der Waals surface area contributed by atoms with Crippen molar-refractivity contribution in [2.75, 3.05) is 0 Å². The van der Waals surface area contributed by atoms with E-state index in [4.69, 9.17) is 0 Å². The number of Topliss-reactive ketones (excluding diaryl/α,β-unsaturated/α-hetero) is 1. The molecule has 0 N–H and O–H groups in total. The zero-order valence-electron chi connectivity index (χ0n) is 11.5. The van der Waals surface area contributed by atoms with E-state index >= 15 is 0 Å². The monoisotopic (exact) mass is 252 g/mol. The fourth-order valence-electron chi connectivity index (χ4n) is 3.28. The summed E-state index contributed by atoms with van der Waals surface area (Å²) < 4.78 is 0. The Bertz CT molecular complexity index is 612. The number of unbranched alkanes of at least 4 members (excludes halogenated alkanes) is 1. The number of aryl methyl sites for hydroxylation is 1. The lowest BCUT2D eigenvalue weighted by Gasteiger charge is -2.26. The quantitative estimate of drug-likeness (QED) is 0.778. The van der Waals surface area contributed by atoms with Crippen LogP contribution in [-0.4, -0.2) is 5.78 Å². The van der Waals surface area contributed by atoms with Crippen molar-refractivity contribution in [3.05, 3.63) is 47.5 Å². The third-order valence-corrected chi connectivity index (χ3v) is 4.29. The van der Waals surface area contributed by atoms with E-state index in [1.54, 1.807) is 0 Å². The van der Waals surface area contributed by atoms with Gasteiger partial charge in [-0.05, 0) is 34.7 Å². The van der Waals surface area contributed by atoms with Crippen molar-refractivity contribution in [3.8, 4) is 0 Å². The van der Waals surface area contributed by atoms with Gasteiger partial charge in [0.25, 0.3) is 0 Å². The molecule has 0 amide bonds. The Morgan fingerprint density at radius 2 is 1.95 bits per heavy atom. The van der Waals surface area contributed by atoms with Gasteiger partial charge in [0.15, 0.2) is 0 Å². The molecule has 1 atom stereocenters. The average molecular weight is 252 g/mol. The van der Waals surface area contributed by atoms with Gasteiger partial charge in [-0.3, -0.25) is 4.79 Å². The molecule has 0 radical (unpaired) electrons. The van der Waals surface area contributed by atoms with Gasteiger partial charge in [0.2, 0.25) is 0 Å². The molecule has 0 fully saturated rings. The summed E-state index contributed by atoms with van der Waals surface area (Å²) in [7, 11) is 0. The Labute approximate surface area is 114 Å². The van der Waals surface area contributed by atoms with Gasteiger partial charge in [0.05, 0.1) is 0 Å². The second-order valence-electron chi connectivity index (χ2n) is 5.52. The van der Waals surface area contributed by atoms with Crippen molar-refractivity contribution in [3.63, 3.8) is 0 Å². The Kier molecular flexibility index (Phi) is 3.37. The first kappa shape index (κ1) is 12.4. The number of hydrogen-bond acceptors (Lipinski definition) is 1. The summed E-state index contributed by atoms with van der Waals surface area (Å²) >= 11 is 0. The fourth-order valence-corrected chi connectivity index (χ4v) is 3.28. The summed E-state index contributed by atoms with van der Waals surface area (Å²) in [6, 6.07) is 12.9. The van der Waals surface area contributed by atoms with Gasteiger partial charge in [-0.25, -0.2) is 0 Å². The van der Waals surface area contributed by atoms with Crippen molar-refractivity contribution in [1.29, 1.82) is 0 Å². The van der Waals surface area contributed by atoms with E-state index in [2.05, 4.69) is 43.3 Å². The summed E-state index contributed by atoms with van der Waals surface area (Å²) in [5, 5.41) is 2.55. The highest BCUT2D eigenvalue weighted by atomic mass is 16.1. The maximum atomic E-state index is 12.3. The van der Waals surface area contributed by atoms with Gasteiger partial charge in [0, 0.05) is 12.3 Å². The predicted octanol–water partition coefficient (Wildman–Crippen LogP) is 4.63. The van der Waals surface area contributed by atoms with Crippen LogP contribution in [0, 0.1) is 0 Å². The Morgan fingerprint density at radius 3 is 2.79 bits per heavy atom. The fraction of sp³-hybridized carbons (Fsp3) is 0.389.